The van der Waals surface area contributed by atoms with Gasteiger partial charge in [0.2, 0.25) is 0 Å². The highest BCUT2D eigenvalue weighted by molar-refractivity contribution is 5.47. The van der Waals surface area contributed by atoms with Crippen molar-refractivity contribution in [2.75, 3.05) is 0 Å². The molecule has 0 nitrogen and oxygen atoms in total. The van der Waals surface area contributed by atoms with E-state index in [4.69, 9.17) is 0 Å². The molecular formula is C44H54. The molecule has 44 heavy (non-hydrogen) atoms. The van der Waals surface area contributed by atoms with Gasteiger partial charge in [0.1, 0.15) is 0 Å². The molecule has 5 rings (SSSR count). The molecule has 4 aliphatic carbocycles. The predicted molar refractivity (Wildman–Crippen MR) is 193 cm³/mol. The van der Waals surface area contributed by atoms with Gasteiger partial charge in [-0.1, -0.05) is 148 Å². The summed E-state index contributed by atoms with van der Waals surface area (Å²) in [6, 6.07) is 9.34. The van der Waals surface area contributed by atoms with Gasteiger partial charge in [-0.2, -0.15) is 0 Å². The van der Waals surface area contributed by atoms with Gasteiger partial charge in [-0.15, -0.1) is 6.58 Å². The minimum absolute atomic E-state index is 0.344. The molecule has 4 atom stereocenters. The Hall–Kier alpha value is -3.38. The van der Waals surface area contributed by atoms with Crippen LogP contribution in [0.2, 0.25) is 0 Å². The van der Waals surface area contributed by atoms with E-state index in [0.717, 1.165) is 44.9 Å². The van der Waals surface area contributed by atoms with Gasteiger partial charge in [0.25, 0.3) is 0 Å². The molecule has 1 aromatic rings. The van der Waals surface area contributed by atoms with Crippen LogP contribution < -0.4 is 0 Å². The molecule has 4 unspecified atom stereocenters. The maximum Gasteiger partial charge on any atom is 0.0231 e. The molecule has 0 radical (unpaired) electrons. The summed E-state index contributed by atoms with van der Waals surface area (Å²) in [5.41, 5.74) is 10.6. The van der Waals surface area contributed by atoms with E-state index in [2.05, 4.69) is 138 Å². The Labute approximate surface area is 268 Å². The highest BCUT2D eigenvalue weighted by atomic mass is 14.3. The third-order valence-electron chi connectivity index (χ3n) is 10.2. The second-order valence-corrected chi connectivity index (χ2v) is 13.9. The van der Waals surface area contributed by atoms with Crippen LogP contribution in [-0.2, 0) is 0 Å². The standard InChI is InChI=1S/C44H54/c1-6-7-8-12-15-43(38-24-16-34(17-25-38)32(2)3)39-26-20-36(21-27-39)37-22-30-42(31-23-37)44(40-13-10-9-11-14-40)41-28-18-35(19-29-41)33(4)5/h6,9-13,15-18,20,22,24-26,28-30,32-33,35,40,43-44H,1,7-8,14,19,21,23,27,31H2,2-5H3/b15-12+. The first-order valence-electron chi connectivity index (χ1n) is 17.3. The zero-order valence-electron chi connectivity index (χ0n) is 27.7. The lowest BCUT2D eigenvalue weighted by molar-refractivity contribution is 0.453. The molecule has 230 valence electrons. The molecule has 1 aromatic carbocycles. The van der Waals surface area contributed by atoms with Crippen molar-refractivity contribution in [2.24, 2.45) is 23.7 Å². The van der Waals surface area contributed by atoms with E-state index < -0.39 is 0 Å². The minimum atomic E-state index is 0.344. The fourth-order valence-electron chi connectivity index (χ4n) is 7.31. The average molecular weight is 583 g/mol. The van der Waals surface area contributed by atoms with E-state index in [1.165, 1.54) is 39.8 Å². The largest absolute Gasteiger partial charge is 0.103 e. The van der Waals surface area contributed by atoms with Crippen LogP contribution in [0.25, 0.3) is 0 Å². The number of rotatable bonds is 12. The maximum absolute atomic E-state index is 3.90. The third kappa shape index (κ3) is 8.01. The zero-order chi connectivity index (χ0) is 30.9. The Bertz CT molecular complexity index is 1420. The molecule has 0 saturated heterocycles. The lowest BCUT2D eigenvalue weighted by Gasteiger charge is -2.33. The SMILES string of the molecule is C=CCC/C=C/C(C1=CC=C(C2=CC=C(C(C3=CCC(C(C)C)C=C3)C3C=CC=CC3)CC2)CC1)c1ccc(C(C)C)cc1. The summed E-state index contributed by atoms with van der Waals surface area (Å²) in [6.45, 7) is 13.1. The van der Waals surface area contributed by atoms with Gasteiger partial charge in [-0.3, -0.25) is 0 Å². The van der Waals surface area contributed by atoms with Crippen LogP contribution in [-0.4, -0.2) is 0 Å². The van der Waals surface area contributed by atoms with Gasteiger partial charge in [0.15, 0.2) is 0 Å². The van der Waals surface area contributed by atoms with Crippen molar-refractivity contribution < 1.29 is 0 Å². The van der Waals surface area contributed by atoms with Crippen LogP contribution in [0, 0.1) is 23.7 Å². The Morgan fingerprint density at radius 2 is 1.45 bits per heavy atom. The fraction of sp³-hybridized carbons (Fsp3) is 0.409. The molecule has 0 bridgehead atoms. The van der Waals surface area contributed by atoms with Gasteiger partial charge in [-0.05, 0) is 103 Å². The summed E-state index contributed by atoms with van der Waals surface area (Å²) in [5.74, 6) is 3.32. The normalized spacial score (nSPS) is 23.3. The van der Waals surface area contributed by atoms with E-state index >= 15 is 0 Å². The first kappa shape index (κ1) is 32.0. The Morgan fingerprint density at radius 3 is 2.00 bits per heavy atom. The quantitative estimate of drug-likeness (QED) is 0.170. The van der Waals surface area contributed by atoms with E-state index in [0.29, 0.717) is 35.5 Å². The van der Waals surface area contributed by atoms with Crippen LogP contribution in [0.15, 0.2) is 144 Å². The van der Waals surface area contributed by atoms with Gasteiger partial charge < -0.3 is 0 Å². The molecule has 0 heterocycles. The monoisotopic (exact) mass is 582 g/mol. The first-order chi connectivity index (χ1) is 21.4. The summed E-state index contributed by atoms with van der Waals surface area (Å²) in [5, 5.41) is 0. The Balaban J connectivity index is 1.35. The van der Waals surface area contributed by atoms with Crippen LogP contribution in [0.4, 0.5) is 0 Å². The molecule has 0 aliphatic heterocycles. The van der Waals surface area contributed by atoms with Crippen molar-refractivity contribution in [3.63, 3.8) is 0 Å². The second-order valence-electron chi connectivity index (χ2n) is 13.9. The topological polar surface area (TPSA) is 0 Å². The lowest BCUT2D eigenvalue weighted by Crippen LogP contribution is -2.21. The zero-order valence-corrected chi connectivity index (χ0v) is 27.7. The van der Waals surface area contributed by atoms with E-state index in [9.17, 15) is 0 Å². The second kappa shape index (κ2) is 15.6. The number of benzene rings is 1. The summed E-state index contributed by atoms with van der Waals surface area (Å²) >= 11 is 0. The van der Waals surface area contributed by atoms with Crippen molar-refractivity contribution >= 4 is 0 Å². The minimum Gasteiger partial charge on any atom is -0.103 e. The molecule has 0 saturated carbocycles. The van der Waals surface area contributed by atoms with Crippen molar-refractivity contribution in [1.29, 1.82) is 0 Å². The third-order valence-corrected chi connectivity index (χ3v) is 10.2. The molecule has 0 spiro atoms. The molecule has 0 N–H and O–H groups in total. The predicted octanol–water partition coefficient (Wildman–Crippen LogP) is 12.6. The van der Waals surface area contributed by atoms with E-state index in [1.54, 1.807) is 5.57 Å². The molecule has 0 amide bonds. The molecule has 0 aromatic heterocycles. The highest BCUT2D eigenvalue weighted by Gasteiger charge is 2.29. The lowest BCUT2D eigenvalue weighted by atomic mass is 9.71. The molecule has 4 aliphatic rings. The summed E-state index contributed by atoms with van der Waals surface area (Å²) in [6.07, 6.45) is 42.3. The van der Waals surface area contributed by atoms with E-state index in [1.807, 2.05) is 6.08 Å². The van der Waals surface area contributed by atoms with Crippen molar-refractivity contribution in [3.8, 4) is 0 Å². The average Bonchev–Trinajstić information content (AvgIpc) is 3.06. The summed E-state index contributed by atoms with van der Waals surface area (Å²) in [7, 11) is 0. The van der Waals surface area contributed by atoms with Gasteiger partial charge in [0, 0.05) is 11.8 Å². The van der Waals surface area contributed by atoms with Crippen molar-refractivity contribution in [3.05, 3.63) is 155 Å². The summed E-state index contributed by atoms with van der Waals surface area (Å²) < 4.78 is 0. The van der Waals surface area contributed by atoms with Gasteiger partial charge >= 0.3 is 0 Å². The van der Waals surface area contributed by atoms with Crippen molar-refractivity contribution in [1.82, 2.24) is 0 Å². The number of hydrogen-bond donors (Lipinski definition) is 0. The van der Waals surface area contributed by atoms with Crippen LogP contribution in [0.1, 0.15) is 102 Å². The molecule has 0 fully saturated rings. The van der Waals surface area contributed by atoms with Gasteiger partial charge in [-0.25, -0.2) is 0 Å². The van der Waals surface area contributed by atoms with Crippen LogP contribution >= 0.6 is 0 Å². The summed E-state index contributed by atoms with van der Waals surface area (Å²) in [4.78, 5) is 0. The maximum atomic E-state index is 3.90. The smallest absolute Gasteiger partial charge is 0.0231 e. The first-order valence-corrected chi connectivity index (χ1v) is 17.3. The van der Waals surface area contributed by atoms with E-state index in [-0.39, 0.29) is 0 Å². The number of hydrogen-bond acceptors (Lipinski definition) is 0. The van der Waals surface area contributed by atoms with Crippen molar-refractivity contribution in [2.45, 2.75) is 90.9 Å². The number of unbranched alkanes of at least 4 members (excludes halogenated alkanes) is 1. The van der Waals surface area contributed by atoms with Crippen LogP contribution in [0.5, 0.6) is 0 Å². The Kier molecular flexibility index (Phi) is 11.3. The molecular weight excluding hydrogens is 528 g/mol. The van der Waals surface area contributed by atoms with Gasteiger partial charge in [0.05, 0.1) is 0 Å². The molecule has 0 heteroatoms. The Morgan fingerprint density at radius 1 is 0.750 bits per heavy atom. The highest BCUT2D eigenvalue weighted by Crippen LogP contribution is 2.42. The fourth-order valence-corrected chi connectivity index (χ4v) is 7.31. The van der Waals surface area contributed by atoms with Crippen LogP contribution in [0.3, 0.4) is 0 Å². The number of allylic oxidation sites excluding steroid dienone is 19.